The van der Waals surface area contributed by atoms with E-state index in [9.17, 15) is 9.18 Å². The first-order valence-corrected chi connectivity index (χ1v) is 8.70. The monoisotopic (exact) mass is 384 g/mol. The van der Waals surface area contributed by atoms with Crippen molar-refractivity contribution in [2.24, 2.45) is 0 Å². The van der Waals surface area contributed by atoms with Crippen LogP contribution in [0.15, 0.2) is 48.5 Å². The first-order chi connectivity index (χ1) is 12.9. The molecule has 0 bridgehead atoms. The number of nitrogens with zero attached hydrogens (tertiary/aromatic N) is 2. The van der Waals surface area contributed by atoms with Crippen LogP contribution in [-0.4, -0.2) is 15.9 Å². The third-order valence-electron chi connectivity index (χ3n) is 3.92. The molecule has 0 saturated carbocycles. The van der Waals surface area contributed by atoms with E-state index in [2.05, 4.69) is 20.6 Å². The summed E-state index contributed by atoms with van der Waals surface area (Å²) in [5, 5.41) is 6.36. The normalized spacial score (nSPS) is 10.5. The van der Waals surface area contributed by atoms with Gasteiger partial charge in [0.2, 0.25) is 0 Å². The Balaban J connectivity index is 1.75. The molecule has 0 fully saturated rings. The van der Waals surface area contributed by atoms with Crippen molar-refractivity contribution in [3.8, 4) is 0 Å². The number of nitrogens with one attached hydrogen (secondary N) is 2. The number of aromatic nitrogens is 2. The molecular weight excluding hydrogens is 367 g/mol. The molecule has 0 aliphatic carbocycles. The summed E-state index contributed by atoms with van der Waals surface area (Å²) < 4.78 is 13.7. The maximum absolute atomic E-state index is 13.7. The Bertz CT molecular complexity index is 993. The highest BCUT2D eigenvalue weighted by Crippen LogP contribution is 2.20. The van der Waals surface area contributed by atoms with Gasteiger partial charge in [0.05, 0.1) is 0 Å². The van der Waals surface area contributed by atoms with Gasteiger partial charge in [-0.2, -0.15) is 0 Å². The number of carbonyl (C=O) groups is 1. The van der Waals surface area contributed by atoms with Crippen LogP contribution in [0.4, 0.5) is 15.9 Å². The minimum absolute atomic E-state index is 0.204. The fraction of sp³-hybridized carbons (Fsp3) is 0.150. The summed E-state index contributed by atoms with van der Waals surface area (Å²) in [6.07, 6.45) is 0. The Hall–Kier alpha value is -2.99. The van der Waals surface area contributed by atoms with Crippen molar-refractivity contribution < 1.29 is 9.18 Å². The highest BCUT2D eigenvalue weighted by Gasteiger charge is 2.12. The fourth-order valence-corrected chi connectivity index (χ4v) is 2.65. The zero-order chi connectivity index (χ0) is 19.4. The summed E-state index contributed by atoms with van der Waals surface area (Å²) in [5.74, 6) is 0.192. The Labute approximate surface area is 161 Å². The molecule has 3 rings (SSSR count). The SMILES string of the molecule is Cc1nc(NCc2ccccc2F)cc(C(=O)Nc2ccc(C)c(Cl)c2)n1. The van der Waals surface area contributed by atoms with Gasteiger partial charge < -0.3 is 10.6 Å². The quantitative estimate of drug-likeness (QED) is 0.666. The second-order valence-electron chi connectivity index (χ2n) is 6.05. The van der Waals surface area contributed by atoms with Crippen LogP contribution in [-0.2, 0) is 6.54 Å². The van der Waals surface area contributed by atoms with E-state index in [0.717, 1.165) is 5.56 Å². The smallest absolute Gasteiger partial charge is 0.274 e. The number of aryl methyl sites for hydroxylation is 2. The first kappa shape index (κ1) is 18.8. The van der Waals surface area contributed by atoms with Crippen molar-refractivity contribution in [3.63, 3.8) is 0 Å². The topological polar surface area (TPSA) is 66.9 Å². The molecule has 138 valence electrons. The van der Waals surface area contributed by atoms with Crippen molar-refractivity contribution in [2.75, 3.05) is 10.6 Å². The number of carbonyl (C=O) groups excluding carboxylic acids is 1. The third kappa shape index (κ3) is 4.80. The maximum Gasteiger partial charge on any atom is 0.274 e. The average molecular weight is 385 g/mol. The number of halogens is 2. The van der Waals surface area contributed by atoms with Crippen LogP contribution in [0.25, 0.3) is 0 Å². The van der Waals surface area contributed by atoms with Crippen LogP contribution < -0.4 is 10.6 Å². The molecule has 1 aromatic heterocycles. The van der Waals surface area contributed by atoms with Gasteiger partial charge >= 0.3 is 0 Å². The molecule has 3 aromatic rings. The number of benzene rings is 2. The van der Waals surface area contributed by atoms with Crippen molar-refractivity contribution in [2.45, 2.75) is 20.4 Å². The van der Waals surface area contributed by atoms with E-state index in [1.807, 2.05) is 13.0 Å². The largest absolute Gasteiger partial charge is 0.366 e. The number of rotatable bonds is 5. The van der Waals surface area contributed by atoms with Gasteiger partial charge in [-0.3, -0.25) is 4.79 Å². The molecule has 0 radical (unpaired) electrons. The molecule has 0 atom stereocenters. The lowest BCUT2D eigenvalue weighted by Gasteiger charge is -2.10. The molecule has 27 heavy (non-hydrogen) atoms. The van der Waals surface area contributed by atoms with Crippen LogP contribution in [0.5, 0.6) is 0 Å². The second kappa shape index (κ2) is 8.14. The molecule has 2 N–H and O–H groups in total. The fourth-order valence-electron chi connectivity index (χ4n) is 2.47. The number of hydrogen-bond donors (Lipinski definition) is 2. The average Bonchev–Trinajstić information content (AvgIpc) is 2.63. The zero-order valence-corrected chi connectivity index (χ0v) is 15.6. The van der Waals surface area contributed by atoms with E-state index in [4.69, 9.17) is 11.6 Å². The summed E-state index contributed by atoms with van der Waals surface area (Å²) in [6.45, 7) is 3.82. The minimum Gasteiger partial charge on any atom is -0.366 e. The third-order valence-corrected chi connectivity index (χ3v) is 4.33. The lowest BCUT2D eigenvalue weighted by atomic mass is 10.2. The van der Waals surface area contributed by atoms with Gasteiger partial charge in [0.25, 0.3) is 5.91 Å². The van der Waals surface area contributed by atoms with Crippen molar-refractivity contribution in [1.29, 1.82) is 0 Å². The van der Waals surface area contributed by atoms with Crippen LogP contribution in [0.2, 0.25) is 5.02 Å². The van der Waals surface area contributed by atoms with Gasteiger partial charge in [0.1, 0.15) is 23.2 Å². The van der Waals surface area contributed by atoms with E-state index in [-0.39, 0.29) is 24.0 Å². The number of hydrogen-bond acceptors (Lipinski definition) is 4. The minimum atomic E-state index is -0.380. The van der Waals surface area contributed by atoms with Gasteiger partial charge in [-0.15, -0.1) is 0 Å². The van der Waals surface area contributed by atoms with Gasteiger partial charge in [-0.1, -0.05) is 35.9 Å². The lowest BCUT2D eigenvalue weighted by molar-refractivity contribution is 0.102. The Morgan fingerprint density at radius 3 is 2.63 bits per heavy atom. The standard InChI is InChI=1S/C20H18ClFN4O/c1-12-7-8-15(9-16(12)21)26-20(27)18-10-19(25-13(2)24-18)23-11-14-5-3-4-6-17(14)22/h3-10H,11H2,1-2H3,(H,26,27)(H,23,24,25). The molecular formula is C20H18ClFN4O. The van der Waals surface area contributed by atoms with Crippen LogP contribution in [0.1, 0.15) is 27.4 Å². The zero-order valence-electron chi connectivity index (χ0n) is 14.9. The summed E-state index contributed by atoms with van der Waals surface area (Å²) in [7, 11) is 0. The molecule has 1 amide bonds. The molecule has 1 heterocycles. The second-order valence-corrected chi connectivity index (χ2v) is 6.46. The molecule has 0 spiro atoms. The van der Waals surface area contributed by atoms with E-state index in [0.29, 0.717) is 27.9 Å². The van der Waals surface area contributed by atoms with Crippen molar-refractivity contribution in [3.05, 3.63) is 82.0 Å². The van der Waals surface area contributed by atoms with E-state index in [1.165, 1.54) is 12.1 Å². The van der Waals surface area contributed by atoms with Gasteiger partial charge in [0, 0.05) is 28.9 Å². The number of amides is 1. The van der Waals surface area contributed by atoms with Crippen LogP contribution >= 0.6 is 11.6 Å². The van der Waals surface area contributed by atoms with Gasteiger partial charge in [-0.05, 0) is 37.6 Å². The molecule has 0 saturated heterocycles. The molecule has 0 aliphatic rings. The Kier molecular flexibility index (Phi) is 5.66. The molecule has 0 aliphatic heterocycles. The van der Waals surface area contributed by atoms with Gasteiger partial charge in [0.15, 0.2) is 0 Å². The summed E-state index contributed by atoms with van der Waals surface area (Å²) in [6, 6.07) is 13.3. The predicted molar refractivity (Wildman–Crippen MR) is 105 cm³/mol. The Morgan fingerprint density at radius 2 is 1.89 bits per heavy atom. The van der Waals surface area contributed by atoms with E-state index in [1.54, 1.807) is 37.3 Å². The Morgan fingerprint density at radius 1 is 1.11 bits per heavy atom. The highest BCUT2D eigenvalue weighted by molar-refractivity contribution is 6.31. The highest BCUT2D eigenvalue weighted by atomic mass is 35.5. The molecule has 5 nitrogen and oxygen atoms in total. The molecule has 0 unspecified atom stereocenters. The van der Waals surface area contributed by atoms with Crippen molar-refractivity contribution >= 4 is 29.0 Å². The lowest BCUT2D eigenvalue weighted by Crippen LogP contribution is -2.16. The molecule has 7 heteroatoms. The first-order valence-electron chi connectivity index (χ1n) is 8.33. The predicted octanol–water partition coefficient (Wildman–Crippen LogP) is 4.75. The summed E-state index contributed by atoms with van der Waals surface area (Å²) in [4.78, 5) is 20.9. The van der Waals surface area contributed by atoms with E-state index < -0.39 is 0 Å². The summed E-state index contributed by atoms with van der Waals surface area (Å²) in [5.41, 5.74) is 2.21. The van der Waals surface area contributed by atoms with Gasteiger partial charge in [-0.25, -0.2) is 14.4 Å². The number of anilines is 2. The van der Waals surface area contributed by atoms with Crippen molar-refractivity contribution in [1.82, 2.24) is 9.97 Å². The van der Waals surface area contributed by atoms with Crippen LogP contribution in [0, 0.1) is 19.7 Å². The van der Waals surface area contributed by atoms with E-state index >= 15 is 0 Å². The molecule has 2 aromatic carbocycles. The summed E-state index contributed by atoms with van der Waals surface area (Å²) >= 11 is 6.09. The van der Waals surface area contributed by atoms with Crippen LogP contribution in [0.3, 0.4) is 0 Å². The maximum atomic E-state index is 13.7.